The Bertz CT molecular complexity index is 1400. The van der Waals surface area contributed by atoms with Crippen LogP contribution < -0.4 is 10.6 Å². The SMILES string of the molecule is CC(F)(F)CNC(=O)C(CC(F)F)c1ccc2[nH]c(C(NC(=O)OCc3ccccc3)C3CCC(F)(F)CC3)nc2c1F. The van der Waals surface area contributed by atoms with Gasteiger partial charge in [-0.2, -0.15) is 0 Å². The summed E-state index contributed by atoms with van der Waals surface area (Å²) in [6, 6.07) is 10.1. The summed E-state index contributed by atoms with van der Waals surface area (Å²) in [5, 5.41) is 4.52. The molecule has 0 saturated heterocycles. The van der Waals surface area contributed by atoms with Gasteiger partial charge < -0.3 is 20.4 Å². The van der Waals surface area contributed by atoms with Crippen LogP contribution in [0.1, 0.15) is 67.9 Å². The number of alkyl halides is 6. The lowest BCUT2D eigenvalue weighted by Gasteiger charge is -2.33. The number of H-pyrrole nitrogens is 1. The topological polar surface area (TPSA) is 96.1 Å². The molecule has 2 aromatic carbocycles. The van der Waals surface area contributed by atoms with Gasteiger partial charge in [-0.15, -0.1) is 0 Å². The molecule has 3 N–H and O–H groups in total. The summed E-state index contributed by atoms with van der Waals surface area (Å²) in [7, 11) is 0. The Labute approximate surface area is 242 Å². The van der Waals surface area contributed by atoms with Crippen LogP contribution in [0.15, 0.2) is 42.5 Å². The predicted octanol–water partition coefficient (Wildman–Crippen LogP) is 7.01. The molecule has 43 heavy (non-hydrogen) atoms. The quantitative estimate of drug-likeness (QED) is 0.202. The summed E-state index contributed by atoms with van der Waals surface area (Å²) < 4.78 is 102. The Morgan fingerprint density at radius 1 is 1.12 bits per heavy atom. The lowest BCUT2D eigenvalue weighted by Crippen LogP contribution is -2.38. The minimum atomic E-state index is -3.32. The molecule has 1 aliphatic carbocycles. The Kier molecular flexibility index (Phi) is 9.86. The van der Waals surface area contributed by atoms with Gasteiger partial charge in [-0.1, -0.05) is 36.4 Å². The molecule has 2 atom stereocenters. The van der Waals surface area contributed by atoms with Crippen molar-refractivity contribution in [2.45, 2.75) is 75.9 Å². The van der Waals surface area contributed by atoms with Gasteiger partial charge in [0.15, 0.2) is 5.82 Å². The van der Waals surface area contributed by atoms with Crippen LogP contribution in [0.3, 0.4) is 0 Å². The van der Waals surface area contributed by atoms with Gasteiger partial charge in [0.05, 0.1) is 24.0 Å². The smallest absolute Gasteiger partial charge is 0.408 e. The Balaban J connectivity index is 1.62. The summed E-state index contributed by atoms with van der Waals surface area (Å²) in [4.78, 5) is 32.4. The van der Waals surface area contributed by atoms with Crippen molar-refractivity contribution >= 4 is 23.0 Å². The van der Waals surface area contributed by atoms with Gasteiger partial charge in [-0.05, 0) is 30.4 Å². The van der Waals surface area contributed by atoms with E-state index in [0.717, 1.165) is 6.07 Å². The van der Waals surface area contributed by atoms with Crippen LogP contribution in [0, 0.1) is 11.7 Å². The molecule has 0 radical (unpaired) electrons. The first-order valence-electron chi connectivity index (χ1n) is 13.7. The summed E-state index contributed by atoms with van der Waals surface area (Å²) in [6.45, 7) is -0.670. The van der Waals surface area contributed by atoms with Crippen LogP contribution in [0.5, 0.6) is 0 Å². The molecular weight excluding hydrogens is 585 g/mol. The molecule has 0 aliphatic heterocycles. The van der Waals surface area contributed by atoms with Crippen molar-refractivity contribution in [3.05, 3.63) is 65.2 Å². The molecule has 3 aromatic rings. The number of rotatable bonds is 11. The van der Waals surface area contributed by atoms with E-state index in [1.54, 1.807) is 30.3 Å². The van der Waals surface area contributed by atoms with Crippen LogP contribution in [0.4, 0.5) is 35.5 Å². The van der Waals surface area contributed by atoms with E-state index >= 15 is 4.39 Å². The fourth-order valence-corrected chi connectivity index (χ4v) is 5.11. The first-order chi connectivity index (χ1) is 20.2. The fourth-order valence-electron chi connectivity index (χ4n) is 5.11. The highest BCUT2D eigenvalue weighted by molar-refractivity contribution is 5.86. The number of alkyl carbamates (subject to hydrolysis) is 1. The number of hydrogen-bond acceptors (Lipinski definition) is 4. The van der Waals surface area contributed by atoms with Crippen LogP contribution in [0.25, 0.3) is 11.0 Å². The average molecular weight is 617 g/mol. The third-order valence-electron chi connectivity index (χ3n) is 7.33. The normalized spacial score (nSPS) is 17.0. The Morgan fingerprint density at radius 2 is 1.79 bits per heavy atom. The lowest BCUT2D eigenvalue weighted by atomic mass is 9.82. The molecular formula is C29H31F7N4O3. The van der Waals surface area contributed by atoms with E-state index in [2.05, 4.69) is 15.3 Å². The number of fused-ring (bicyclic) bond motifs is 1. The number of benzene rings is 2. The van der Waals surface area contributed by atoms with Crippen LogP contribution >= 0.6 is 0 Å². The van der Waals surface area contributed by atoms with E-state index in [1.807, 2.05) is 5.32 Å². The molecule has 2 unspecified atom stereocenters. The number of amides is 2. The van der Waals surface area contributed by atoms with E-state index in [9.17, 15) is 35.9 Å². The number of nitrogens with one attached hydrogen (secondary N) is 3. The van der Waals surface area contributed by atoms with Gasteiger partial charge in [0, 0.05) is 31.7 Å². The van der Waals surface area contributed by atoms with Gasteiger partial charge in [0.1, 0.15) is 17.9 Å². The molecule has 7 nitrogen and oxygen atoms in total. The molecule has 2 amide bonds. The summed E-state index contributed by atoms with van der Waals surface area (Å²) in [6.07, 6.45) is -5.89. The standard InChI is InChI=1S/C29H31F7N4O3/c1-28(33,34)15-37-26(41)19(13-21(30)31)18-7-8-20-24(22(18)32)39-25(38-20)23(17-9-11-29(35,36)12-10-17)40-27(42)43-14-16-5-3-2-4-6-16/h2-8,17,19,21,23H,9-15H2,1H3,(H,37,41)(H,38,39)(H,40,42). The number of hydrogen-bond donors (Lipinski definition) is 3. The predicted molar refractivity (Wildman–Crippen MR) is 142 cm³/mol. The molecule has 0 bridgehead atoms. The highest BCUT2D eigenvalue weighted by Gasteiger charge is 2.40. The van der Waals surface area contributed by atoms with Crippen molar-refractivity contribution in [2.75, 3.05) is 6.54 Å². The van der Waals surface area contributed by atoms with E-state index in [-0.39, 0.29) is 36.3 Å². The first-order valence-corrected chi connectivity index (χ1v) is 13.7. The maximum Gasteiger partial charge on any atom is 0.408 e. The third kappa shape index (κ3) is 8.60. The van der Waals surface area contributed by atoms with Gasteiger partial charge in [0.2, 0.25) is 18.3 Å². The van der Waals surface area contributed by atoms with Crippen molar-refractivity contribution in [3.8, 4) is 0 Å². The number of nitrogens with zero attached hydrogens (tertiary/aromatic N) is 1. The minimum absolute atomic E-state index is 0.0124. The highest BCUT2D eigenvalue weighted by Crippen LogP contribution is 2.41. The van der Waals surface area contributed by atoms with Crippen molar-refractivity contribution in [1.82, 2.24) is 20.6 Å². The van der Waals surface area contributed by atoms with Gasteiger partial charge in [0.25, 0.3) is 5.92 Å². The van der Waals surface area contributed by atoms with Gasteiger partial charge in [-0.25, -0.2) is 40.5 Å². The number of carbonyl (C=O) groups is 2. The number of aromatic amines is 1. The van der Waals surface area contributed by atoms with Crippen molar-refractivity contribution < 1.29 is 45.1 Å². The number of halogens is 7. The zero-order valence-corrected chi connectivity index (χ0v) is 23.1. The van der Waals surface area contributed by atoms with Gasteiger partial charge >= 0.3 is 6.09 Å². The highest BCUT2D eigenvalue weighted by atomic mass is 19.3. The largest absolute Gasteiger partial charge is 0.445 e. The Hall–Kier alpha value is -3.84. The molecule has 1 aromatic heterocycles. The molecule has 1 saturated carbocycles. The van der Waals surface area contributed by atoms with Crippen LogP contribution in [0.2, 0.25) is 0 Å². The monoisotopic (exact) mass is 616 g/mol. The minimum Gasteiger partial charge on any atom is -0.445 e. The van der Waals surface area contributed by atoms with Crippen LogP contribution in [-0.4, -0.2) is 46.8 Å². The first kappa shape index (κ1) is 32.1. The van der Waals surface area contributed by atoms with Crippen molar-refractivity contribution in [3.63, 3.8) is 0 Å². The van der Waals surface area contributed by atoms with E-state index in [4.69, 9.17) is 4.74 Å². The second-order valence-corrected chi connectivity index (χ2v) is 10.8. The van der Waals surface area contributed by atoms with Gasteiger partial charge in [-0.3, -0.25) is 4.79 Å². The maximum absolute atomic E-state index is 15.7. The zero-order chi connectivity index (χ0) is 31.4. The van der Waals surface area contributed by atoms with Crippen LogP contribution in [-0.2, 0) is 16.1 Å². The number of carbonyl (C=O) groups excluding carboxylic acids is 2. The number of ether oxygens (including phenoxy) is 1. The fraction of sp³-hybridized carbons (Fsp3) is 0.483. The number of aromatic nitrogens is 2. The summed E-state index contributed by atoms with van der Waals surface area (Å²) in [5.74, 6) is -10.8. The molecule has 4 rings (SSSR count). The average Bonchev–Trinajstić information content (AvgIpc) is 3.38. The van der Waals surface area contributed by atoms with Crippen molar-refractivity contribution in [1.29, 1.82) is 0 Å². The van der Waals surface area contributed by atoms with E-state index in [1.165, 1.54) is 6.07 Å². The molecule has 1 aliphatic rings. The third-order valence-corrected chi connectivity index (χ3v) is 7.33. The Morgan fingerprint density at radius 3 is 2.42 bits per heavy atom. The second kappa shape index (κ2) is 13.2. The van der Waals surface area contributed by atoms with Crippen molar-refractivity contribution in [2.24, 2.45) is 5.92 Å². The summed E-state index contributed by atoms with van der Waals surface area (Å²) >= 11 is 0. The van der Waals surface area contributed by atoms with E-state index < -0.39 is 85.3 Å². The maximum atomic E-state index is 15.7. The summed E-state index contributed by atoms with van der Waals surface area (Å²) in [5.41, 5.74) is -0.0501. The molecule has 234 valence electrons. The zero-order valence-electron chi connectivity index (χ0n) is 23.1. The molecule has 1 heterocycles. The molecule has 14 heteroatoms. The lowest BCUT2D eigenvalue weighted by molar-refractivity contribution is -0.125. The molecule has 1 fully saturated rings. The number of imidazole rings is 1. The molecule has 0 spiro atoms. The van der Waals surface area contributed by atoms with E-state index in [0.29, 0.717) is 12.5 Å². The second-order valence-electron chi connectivity index (χ2n) is 10.8.